The van der Waals surface area contributed by atoms with E-state index >= 15 is 0 Å². The van der Waals surface area contributed by atoms with Gasteiger partial charge in [-0.2, -0.15) is 0 Å². The second kappa shape index (κ2) is 8.16. The van der Waals surface area contributed by atoms with Gasteiger partial charge in [-0.25, -0.2) is 9.37 Å². The maximum absolute atomic E-state index is 14.0. The lowest BCUT2D eigenvalue weighted by molar-refractivity contribution is 0.101. The molecule has 4 rings (SSSR count). The number of aromatic nitrogens is 2. The first-order chi connectivity index (χ1) is 14.3. The van der Waals surface area contributed by atoms with Crippen LogP contribution in [0.4, 0.5) is 10.1 Å². The van der Waals surface area contributed by atoms with E-state index in [-0.39, 0.29) is 16.8 Å². The van der Waals surface area contributed by atoms with Crippen molar-refractivity contribution in [1.82, 2.24) is 14.9 Å². The molecular formula is C22H22ClFN4O2. The molecule has 0 bridgehead atoms. The number of nitrogens with zero attached hydrogens (tertiary/aromatic N) is 3. The fourth-order valence-electron chi connectivity index (χ4n) is 3.71. The minimum absolute atomic E-state index is 0.0906. The predicted octanol–water partition coefficient (Wildman–Crippen LogP) is 4.50. The van der Waals surface area contributed by atoms with Gasteiger partial charge in [0.1, 0.15) is 5.52 Å². The van der Waals surface area contributed by atoms with Crippen LogP contribution in [0, 0.1) is 5.82 Å². The summed E-state index contributed by atoms with van der Waals surface area (Å²) in [4.78, 5) is 23.6. The summed E-state index contributed by atoms with van der Waals surface area (Å²) in [5.74, 6) is -1.52. The zero-order valence-corrected chi connectivity index (χ0v) is 17.5. The number of aromatic hydroxyl groups is 1. The lowest BCUT2D eigenvalue weighted by atomic mass is 10.0. The molecule has 0 saturated carbocycles. The van der Waals surface area contributed by atoms with Gasteiger partial charge in [0.05, 0.1) is 27.5 Å². The van der Waals surface area contributed by atoms with Gasteiger partial charge in [0.2, 0.25) is 0 Å². The highest BCUT2D eigenvalue weighted by molar-refractivity contribution is 6.32. The van der Waals surface area contributed by atoms with E-state index in [9.17, 15) is 14.3 Å². The van der Waals surface area contributed by atoms with Crippen molar-refractivity contribution in [2.45, 2.75) is 25.8 Å². The highest BCUT2D eigenvalue weighted by atomic mass is 35.5. The van der Waals surface area contributed by atoms with E-state index in [0.29, 0.717) is 33.5 Å². The monoisotopic (exact) mass is 428 g/mol. The SMILES string of the molecule is CC(=O)c1cnc2ccc(-c3cc(F)c(O)c(Cl)c3)nc2c1NC1CCN(C)CC1. The summed E-state index contributed by atoms with van der Waals surface area (Å²) in [7, 11) is 2.09. The van der Waals surface area contributed by atoms with Gasteiger partial charge in [0.15, 0.2) is 17.3 Å². The molecule has 1 saturated heterocycles. The van der Waals surface area contributed by atoms with Crippen LogP contribution < -0.4 is 5.32 Å². The zero-order chi connectivity index (χ0) is 21.4. The minimum atomic E-state index is -0.820. The van der Waals surface area contributed by atoms with E-state index in [1.807, 2.05) is 0 Å². The number of hydrogen-bond donors (Lipinski definition) is 2. The lowest BCUT2D eigenvalue weighted by Crippen LogP contribution is -2.37. The van der Waals surface area contributed by atoms with Crippen molar-refractivity contribution >= 4 is 34.1 Å². The smallest absolute Gasteiger partial charge is 0.170 e. The van der Waals surface area contributed by atoms with Crippen molar-refractivity contribution in [2.75, 3.05) is 25.5 Å². The maximum Gasteiger partial charge on any atom is 0.170 e. The van der Waals surface area contributed by atoms with E-state index < -0.39 is 11.6 Å². The summed E-state index contributed by atoms with van der Waals surface area (Å²) in [6, 6.07) is 6.35. The van der Waals surface area contributed by atoms with Gasteiger partial charge < -0.3 is 15.3 Å². The van der Waals surface area contributed by atoms with Crippen LogP contribution in [0.2, 0.25) is 5.02 Å². The quantitative estimate of drug-likeness (QED) is 0.595. The summed E-state index contributed by atoms with van der Waals surface area (Å²) in [6.45, 7) is 3.45. The van der Waals surface area contributed by atoms with Crippen LogP contribution in [0.3, 0.4) is 0 Å². The predicted molar refractivity (Wildman–Crippen MR) is 116 cm³/mol. The Balaban J connectivity index is 1.82. The van der Waals surface area contributed by atoms with Crippen molar-refractivity contribution in [3.8, 4) is 17.0 Å². The first-order valence-electron chi connectivity index (χ1n) is 9.77. The summed E-state index contributed by atoms with van der Waals surface area (Å²) in [5, 5.41) is 13.0. The first kappa shape index (κ1) is 20.5. The van der Waals surface area contributed by atoms with Crippen LogP contribution in [0.25, 0.3) is 22.3 Å². The number of ketones is 1. The number of Topliss-reactive ketones (excluding diaryl/α,β-unsaturated/α-hetero) is 1. The van der Waals surface area contributed by atoms with Gasteiger partial charge in [-0.05, 0) is 64.2 Å². The zero-order valence-electron chi connectivity index (χ0n) is 16.7. The van der Waals surface area contributed by atoms with Crippen LogP contribution in [-0.4, -0.2) is 51.9 Å². The minimum Gasteiger partial charge on any atom is -0.504 e. The van der Waals surface area contributed by atoms with Gasteiger partial charge in [0.25, 0.3) is 0 Å². The molecule has 0 radical (unpaired) electrons. The Bertz CT molecular complexity index is 1110. The molecule has 3 aromatic rings. The second-order valence-corrected chi connectivity index (χ2v) is 8.08. The third kappa shape index (κ3) is 3.95. The summed E-state index contributed by atoms with van der Waals surface area (Å²) in [5.41, 5.74) is 3.19. The summed E-state index contributed by atoms with van der Waals surface area (Å²) >= 11 is 5.93. The highest BCUT2D eigenvalue weighted by Crippen LogP contribution is 2.34. The molecule has 1 fully saturated rings. The number of benzene rings is 1. The highest BCUT2D eigenvalue weighted by Gasteiger charge is 2.21. The van der Waals surface area contributed by atoms with E-state index in [1.54, 1.807) is 18.3 Å². The van der Waals surface area contributed by atoms with Gasteiger partial charge in [-0.1, -0.05) is 11.6 Å². The van der Waals surface area contributed by atoms with Gasteiger partial charge in [0, 0.05) is 17.8 Å². The number of nitrogens with one attached hydrogen (secondary N) is 1. The number of hydrogen-bond acceptors (Lipinski definition) is 6. The van der Waals surface area contributed by atoms with Crippen molar-refractivity contribution in [1.29, 1.82) is 0 Å². The lowest BCUT2D eigenvalue weighted by Gasteiger charge is -2.30. The molecule has 0 unspecified atom stereocenters. The van der Waals surface area contributed by atoms with Crippen LogP contribution >= 0.6 is 11.6 Å². The second-order valence-electron chi connectivity index (χ2n) is 7.68. The Labute approximate surface area is 178 Å². The molecule has 0 amide bonds. The number of phenols is 1. The molecule has 1 aromatic carbocycles. The topological polar surface area (TPSA) is 78.3 Å². The molecule has 2 N–H and O–H groups in total. The van der Waals surface area contributed by atoms with E-state index in [0.717, 1.165) is 25.9 Å². The molecule has 0 atom stereocenters. The largest absolute Gasteiger partial charge is 0.504 e. The summed E-state index contributed by atoms with van der Waals surface area (Å²) < 4.78 is 14.0. The Morgan fingerprint density at radius 2 is 2.03 bits per heavy atom. The van der Waals surface area contributed by atoms with Crippen LogP contribution in [-0.2, 0) is 0 Å². The number of halogens is 2. The average Bonchev–Trinajstić information content (AvgIpc) is 2.73. The normalized spacial score (nSPS) is 15.5. The number of piperidine rings is 1. The number of likely N-dealkylation sites (tertiary alicyclic amines) is 1. The van der Waals surface area contributed by atoms with Gasteiger partial charge in [-0.3, -0.25) is 9.78 Å². The molecule has 0 aliphatic carbocycles. The van der Waals surface area contributed by atoms with Crippen LogP contribution in [0.1, 0.15) is 30.1 Å². The number of carbonyl (C=O) groups excluding carboxylic acids is 1. The first-order valence-corrected chi connectivity index (χ1v) is 10.2. The average molecular weight is 429 g/mol. The molecule has 30 heavy (non-hydrogen) atoms. The number of fused-ring (bicyclic) bond motifs is 1. The number of phenolic OH excluding ortho intramolecular Hbond substituents is 1. The van der Waals surface area contributed by atoms with Crippen molar-refractivity contribution in [3.05, 3.63) is 46.9 Å². The summed E-state index contributed by atoms with van der Waals surface area (Å²) in [6.07, 6.45) is 3.48. The molecule has 1 aliphatic rings. The number of anilines is 1. The third-order valence-corrected chi connectivity index (χ3v) is 5.76. The molecule has 3 heterocycles. The van der Waals surface area contributed by atoms with E-state index in [4.69, 9.17) is 11.6 Å². The Hall–Kier alpha value is -2.77. The molecule has 2 aromatic heterocycles. The molecule has 156 valence electrons. The molecular weight excluding hydrogens is 407 g/mol. The third-order valence-electron chi connectivity index (χ3n) is 5.47. The van der Waals surface area contributed by atoms with Crippen LogP contribution in [0.15, 0.2) is 30.5 Å². The fourth-order valence-corrected chi connectivity index (χ4v) is 3.92. The van der Waals surface area contributed by atoms with Crippen molar-refractivity contribution in [2.24, 2.45) is 0 Å². The number of rotatable bonds is 4. The maximum atomic E-state index is 14.0. The Morgan fingerprint density at radius 1 is 1.30 bits per heavy atom. The Morgan fingerprint density at radius 3 is 2.70 bits per heavy atom. The van der Waals surface area contributed by atoms with Gasteiger partial charge >= 0.3 is 0 Å². The number of pyridine rings is 2. The Kier molecular flexibility index (Phi) is 5.58. The standard InChI is InChI=1S/C22H22ClFN4O2/c1-12(29)15-11-25-19-4-3-18(13-9-16(23)22(30)17(24)10-13)27-21(19)20(15)26-14-5-7-28(2)8-6-14/h3-4,9-11,14,30H,5-8H2,1-2H3,(H,25,26). The fraction of sp³-hybridized carbons (Fsp3) is 0.318. The molecule has 8 heteroatoms. The van der Waals surface area contributed by atoms with E-state index in [2.05, 4.69) is 27.2 Å². The number of carbonyl (C=O) groups is 1. The van der Waals surface area contributed by atoms with Crippen molar-refractivity contribution in [3.63, 3.8) is 0 Å². The molecule has 6 nitrogen and oxygen atoms in total. The van der Waals surface area contributed by atoms with E-state index in [1.165, 1.54) is 19.1 Å². The molecule has 1 aliphatic heterocycles. The molecule has 0 spiro atoms. The van der Waals surface area contributed by atoms with Crippen molar-refractivity contribution < 1.29 is 14.3 Å². The van der Waals surface area contributed by atoms with Gasteiger partial charge in [-0.15, -0.1) is 0 Å². The van der Waals surface area contributed by atoms with Crippen LogP contribution in [0.5, 0.6) is 5.75 Å².